The number of fused-ring (bicyclic) bond motifs is 2. The van der Waals surface area contributed by atoms with Crippen molar-refractivity contribution >= 4 is 11.7 Å². The number of nitrogens with zero attached hydrogens (tertiary/aromatic N) is 5. The number of likely N-dealkylation sites (tertiary alicyclic amines) is 1. The number of halogens is 2. The normalized spacial score (nSPS) is 22.5. The quantitative estimate of drug-likeness (QED) is 0.684. The van der Waals surface area contributed by atoms with Gasteiger partial charge in [-0.3, -0.25) is 4.79 Å². The van der Waals surface area contributed by atoms with Crippen molar-refractivity contribution in [3.8, 4) is 11.9 Å². The van der Waals surface area contributed by atoms with Crippen LogP contribution < -0.4 is 9.64 Å². The molecule has 2 aliphatic rings. The maximum atomic E-state index is 14.7. The van der Waals surface area contributed by atoms with Crippen LogP contribution in [0.15, 0.2) is 36.7 Å². The number of pyridine rings is 2. The molecule has 0 N–H and O–H groups in total. The van der Waals surface area contributed by atoms with Crippen LogP contribution in [0.1, 0.15) is 37.3 Å². The van der Waals surface area contributed by atoms with Crippen molar-refractivity contribution in [2.45, 2.75) is 44.2 Å². The number of carbonyl (C=O) groups is 1. The van der Waals surface area contributed by atoms with Crippen molar-refractivity contribution in [1.82, 2.24) is 14.9 Å². The molecular formula is C23H25F2N5O2. The SMILES string of the molecule is COc1cc(C(F)(F)CCC(=O)N2CC3C[C@H](C)C(C2)N3c2ccc(C#N)cn2)ccn1. The van der Waals surface area contributed by atoms with Crippen molar-refractivity contribution in [3.63, 3.8) is 0 Å². The second kappa shape index (κ2) is 8.69. The lowest BCUT2D eigenvalue weighted by atomic mass is 10.0. The van der Waals surface area contributed by atoms with Gasteiger partial charge < -0.3 is 14.5 Å². The summed E-state index contributed by atoms with van der Waals surface area (Å²) >= 11 is 0. The molecule has 3 atom stereocenters. The van der Waals surface area contributed by atoms with Gasteiger partial charge in [0, 0.05) is 56.0 Å². The fourth-order valence-electron chi connectivity index (χ4n) is 4.71. The van der Waals surface area contributed by atoms with E-state index in [1.165, 1.54) is 25.4 Å². The minimum Gasteiger partial charge on any atom is -0.481 e. The summed E-state index contributed by atoms with van der Waals surface area (Å²) < 4.78 is 34.3. The van der Waals surface area contributed by atoms with Crippen LogP contribution in [0.25, 0.3) is 0 Å². The van der Waals surface area contributed by atoms with E-state index in [9.17, 15) is 13.6 Å². The number of methoxy groups -OCH3 is 1. The first-order chi connectivity index (χ1) is 15.3. The number of rotatable bonds is 6. The first kappa shape index (κ1) is 21.9. The van der Waals surface area contributed by atoms with E-state index in [0.29, 0.717) is 24.6 Å². The molecule has 9 heteroatoms. The molecule has 7 nitrogen and oxygen atoms in total. The highest BCUT2D eigenvalue weighted by Gasteiger charge is 2.46. The van der Waals surface area contributed by atoms with Gasteiger partial charge in [0.15, 0.2) is 0 Å². The molecule has 0 radical (unpaired) electrons. The topological polar surface area (TPSA) is 82.4 Å². The molecular weight excluding hydrogens is 416 g/mol. The molecule has 0 aliphatic carbocycles. The first-order valence-electron chi connectivity index (χ1n) is 10.6. The molecule has 32 heavy (non-hydrogen) atoms. The Kier molecular flexibility index (Phi) is 5.96. The summed E-state index contributed by atoms with van der Waals surface area (Å²) in [5.74, 6) is -2.16. The molecule has 0 spiro atoms. The third-order valence-electron chi connectivity index (χ3n) is 6.40. The Hall–Kier alpha value is -3.28. The predicted molar refractivity (Wildman–Crippen MR) is 113 cm³/mol. The Bertz CT molecular complexity index is 1020. The van der Waals surface area contributed by atoms with E-state index in [1.54, 1.807) is 17.2 Å². The molecule has 2 saturated heterocycles. The molecule has 2 bridgehead atoms. The van der Waals surface area contributed by atoms with Crippen molar-refractivity contribution in [2.24, 2.45) is 5.92 Å². The zero-order valence-electron chi connectivity index (χ0n) is 18.0. The lowest BCUT2D eigenvalue weighted by molar-refractivity contribution is -0.134. The molecule has 2 fully saturated rings. The van der Waals surface area contributed by atoms with Crippen molar-refractivity contribution < 1.29 is 18.3 Å². The van der Waals surface area contributed by atoms with Crippen LogP contribution in [0.3, 0.4) is 0 Å². The van der Waals surface area contributed by atoms with Gasteiger partial charge in [-0.15, -0.1) is 0 Å². The van der Waals surface area contributed by atoms with E-state index in [0.717, 1.165) is 12.2 Å². The Morgan fingerprint density at radius 2 is 2.12 bits per heavy atom. The van der Waals surface area contributed by atoms with Crippen LogP contribution in [0.2, 0.25) is 0 Å². The highest BCUT2D eigenvalue weighted by Crippen LogP contribution is 2.39. The maximum Gasteiger partial charge on any atom is 0.274 e. The van der Waals surface area contributed by atoms with Crippen molar-refractivity contribution in [2.75, 3.05) is 25.1 Å². The molecule has 0 aromatic carbocycles. The fourth-order valence-corrected chi connectivity index (χ4v) is 4.71. The van der Waals surface area contributed by atoms with Crippen LogP contribution in [-0.4, -0.2) is 53.1 Å². The monoisotopic (exact) mass is 441 g/mol. The van der Waals surface area contributed by atoms with E-state index < -0.39 is 12.3 Å². The van der Waals surface area contributed by atoms with Crippen LogP contribution in [0.4, 0.5) is 14.6 Å². The molecule has 2 aromatic rings. The fraction of sp³-hybridized carbons (Fsp3) is 0.478. The van der Waals surface area contributed by atoms with Crippen LogP contribution in [-0.2, 0) is 10.7 Å². The lowest BCUT2D eigenvalue weighted by Gasteiger charge is -2.42. The number of ether oxygens (including phenoxy) is 1. The standard InChI is InChI=1S/C23H25F2N5O2/c1-15-9-18-13-29(14-19(15)30(18)20-4-3-16(11-26)12-28-20)22(31)5-7-23(24,25)17-6-8-27-21(10-17)32-2/h3-4,6,8,10,12,15,18-19H,5,7,9,13-14H2,1-2H3/t15-,18?,19?/m0/s1. The minimum absolute atomic E-state index is 0.0723. The van der Waals surface area contributed by atoms with Crippen LogP contribution in [0, 0.1) is 17.2 Å². The van der Waals surface area contributed by atoms with Gasteiger partial charge in [-0.25, -0.2) is 18.7 Å². The minimum atomic E-state index is -3.15. The third-order valence-corrected chi connectivity index (χ3v) is 6.40. The number of alkyl halides is 2. The van der Waals surface area contributed by atoms with Crippen LogP contribution >= 0.6 is 0 Å². The number of carbonyl (C=O) groups excluding carboxylic acids is 1. The van der Waals surface area contributed by atoms with E-state index >= 15 is 0 Å². The summed E-state index contributed by atoms with van der Waals surface area (Å²) in [6.07, 6.45) is 2.93. The smallest absolute Gasteiger partial charge is 0.274 e. The number of hydrogen-bond acceptors (Lipinski definition) is 6. The Morgan fingerprint density at radius 3 is 2.78 bits per heavy atom. The molecule has 168 valence electrons. The van der Waals surface area contributed by atoms with Crippen molar-refractivity contribution in [1.29, 1.82) is 5.26 Å². The highest BCUT2D eigenvalue weighted by atomic mass is 19.3. The number of piperazine rings is 1. The summed E-state index contributed by atoms with van der Waals surface area (Å²) in [6.45, 7) is 3.10. The second-order valence-corrected chi connectivity index (χ2v) is 8.45. The molecule has 2 unspecified atom stereocenters. The molecule has 0 saturated carbocycles. The van der Waals surface area contributed by atoms with E-state index in [1.807, 2.05) is 6.07 Å². The van der Waals surface area contributed by atoms with Gasteiger partial charge in [0.2, 0.25) is 11.8 Å². The number of anilines is 1. The van der Waals surface area contributed by atoms with E-state index in [2.05, 4.69) is 27.9 Å². The Morgan fingerprint density at radius 1 is 1.31 bits per heavy atom. The maximum absolute atomic E-state index is 14.7. The first-order valence-corrected chi connectivity index (χ1v) is 10.6. The van der Waals surface area contributed by atoms with Gasteiger partial charge in [-0.1, -0.05) is 6.92 Å². The van der Waals surface area contributed by atoms with Crippen molar-refractivity contribution in [3.05, 3.63) is 47.8 Å². The average molecular weight is 441 g/mol. The summed E-state index contributed by atoms with van der Waals surface area (Å²) in [6, 6.07) is 8.24. The van der Waals surface area contributed by atoms with Gasteiger partial charge in [0.05, 0.1) is 18.7 Å². The molecule has 2 aliphatic heterocycles. The van der Waals surface area contributed by atoms with Gasteiger partial charge in [-0.05, 0) is 30.5 Å². The van der Waals surface area contributed by atoms with Gasteiger partial charge in [0.25, 0.3) is 5.92 Å². The molecule has 4 rings (SSSR count). The summed E-state index contributed by atoms with van der Waals surface area (Å²) in [5.41, 5.74) is 0.290. The van der Waals surface area contributed by atoms with E-state index in [4.69, 9.17) is 10.00 Å². The van der Waals surface area contributed by atoms with E-state index in [-0.39, 0.29) is 35.9 Å². The molecule has 2 aromatic heterocycles. The zero-order valence-corrected chi connectivity index (χ0v) is 18.0. The number of amides is 1. The molecule has 1 amide bonds. The van der Waals surface area contributed by atoms with Gasteiger partial charge >= 0.3 is 0 Å². The predicted octanol–water partition coefficient (Wildman–Crippen LogP) is 3.35. The number of hydrogen-bond donors (Lipinski definition) is 0. The second-order valence-electron chi connectivity index (χ2n) is 8.45. The number of nitriles is 1. The Balaban J connectivity index is 1.41. The summed E-state index contributed by atoms with van der Waals surface area (Å²) in [4.78, 5) is 25.0. The largest absolute Gasteiger partial charge is 0.481 e. The van der Waals surface area contributed by atoms with Crippen LogP contribution in [0.5, 0.6) is 5.88 Å². The Labute approximate surface area is 185 Å². The number of aromatic nitrogens is 2. The third kappa shape index (κ3) is 4.22. The molecule has 4 heterocycles. The summed E-state index contributed by atoms with van der Waals surface area (Å²) in [7, 11) is 1.37. The lowest BCUT2D eigenvalue weighted by Crippen LogP contribution is -2.56. The highest BCUT2D eigenvalue weighted by molar-refractivity contribution is 5.77. The average Bonchev–Trinajstić information content (AvgIpc) is 3.01. The summed E-state index contributed by atoms with van der Waals surface area (Å²) in [5, 5.41) is 8.99. The van der Waals surface area contributed by atoms with Gasteiger partial charge in [0.1, 0.15) is 11.9 Å². The zero-order chi connectivity index (χ0) is 22.9. The van der Waals surface area contributed by atoms with Gasteiger partial charge in [-0.2, -0.15) is 5.26 Å².